The third kappa shape index (κ3) is 1.68. The monoisotopic (exact) mass is 183 g/mol. The summed E-state index contributed by atoms with van der Waals surface area (Å²) in [6, 6.07) is 18.7. The number of rotatable bonds is 2. The third-order valence-corrected chi connectivity index (χ3v) is 2.19. The van der Waals surface area contributed by atoms with E-state index < -0.39 is 0 Å². The highest BCUT2D eigenvalue weighted by Gasteiger charge is 2.01. The fraction of sp³-hybridized carbons (Fsp3) is 0.0769. The fourth-order valence-corrected chi connectivity index (χ4v) is 1.48. The van der Waals surface area contributed by atoms with Crippen LogP contribution in [0.2, 0.25) is 0 Å². The van der Waals surface area contributed by atoms with Crippen LogP contribution in [-0.4, -0.2) is 5.11 Å². The first-order valence-electron chi connectivity index (χ1n) is 4.57. The van der Waals surface area contributed by atoms with Crippen molar-refractivity contribution in [2.45, 2.75) is 6.61 Å². The lowest BCUT2D eigenvalue weighted by Crippen LogP contribution is -1.88. The summed E-state index contributed by atoms with van der Waals surface area (Å²) in [6.07, 6.45) is 0. The van der Waals surface area contributed by atoms with Crippen LogP contribution in [0.4, 0.5) is 0 Å². The molecule has 69 valence electrons. The van der Waals surface area contributed by atoms with E-state index in [1.807, 2.05) is 48.5 Å². The normalized spacial score (nSPS) is 10.1. The van der Waals surface area contributed by atoms with Crippen LogP contribution in [-0.2, 0) is 6.61 Å². The molecular weight excluding hydrogens is 172 g/mol. The van der Waals surface area contributed by atoms with Gasteiger partial charge in [0.1, 0.15) is 0 Å². The molecule has 2 rings (SSSR count). The first-order valence-corrected chi connectivity index (χ1v) is 4.57. The number of hydrogen-bond acceptors (Lipinski definition) is 1. The summed E-state index contributed by atoms with van der Waals surface area (Å²) in [7, 11) is 0. The summed E-state index contributed by atoms with van der Waals surface area (Å²) in [6.45, 7) is 0.0684. The second kappa shape index (κ2) is 4.07. The van der Waals surface area contributed by atoms with E-state index in [4.69, 9.17) is 5.11 Å². The molecule has 0 saturated heterocycles. The lowest BCUT2D eigenvalue weighted by molar-refractivity contribution is 0.282. The maximum atomic E-state index is 9.17. The largest absolute Gasteiger partial charge is 0.392 e. The zero-order valence-electron chi connectivity index (χ0n) is 7.77. The average molecular weight is 183 g/mol. The van der Waals surface area contributed by atoms with Gasteiger partial charge in [0.25, 0.3) is 0 Å². The van der Waals surface area contributed by atoms with E-state index in [2.05, 4.69) is 6.07 Å². The van der Waals surface area contributed by atoms with Crippen molar-refractivity contribution in [3.63, 3.8) is 0 Å². The van der Waals surface area contributed by atoms with Crippen molar-refractivity contribution in [3.8, 4) is 11.1 Å². The van der Waals surface area contributed by atoms with Gasteiger partial charge >= 0.3 is 0 Å². The van der Waals surface area contributed by atoms with Crippen LogP contribution in [0.15, 0.2) is 48.5 Å². The van der Waals surface area contributed by atoms with Gasteiger partial charge in [-0.25, -0.2) is 0 Å². The average Bonchev–Trinajstić information content (AvgIpc) is 2.30. The molecule has 1 nitrogen and oxygen atoms in total. The van der Waals surface area contributed by atoms with Crippen molar-refractivity contribution in [2.24, 2.45) is 0 Å². The van der Waals surface area contributed by atoms with Crippen molar-refractivity contribution in [1.82, 2.24) is 0 Å². The predicted octanol–water partition coefficient (Wildman–Crippen LogP) is 2.65. The van der Waals surface area contributed by atoms with Crippen LogP contribution in [0, 0.1) is 6.07 Å². The summed E-state index contributed by atoms with van der Waals surface area (Å²) in [5.74, 6) is 0. The highest BCUT2D eigenvalue weighted by atomic mass is 16.3. The van der Waals surface area contributed by atoms with E-state index in [-0.39, 0.29) is 6.61 Å². The Hall–Kier alpha value is -1.60. The molecule has 1 radical (unpaired) electrons. The van der Waals surface area contributed by atoms with Crippen molar-refractivity contribution >= 4 is 0 Å². The van der Waals surface area contributed by atoms with Gasteiger partial charge in [-0.05, 0) is 22.8 Å². The SMILES string of the molecule is OCc1ccccc1-c1[c]cccc1. The van der Waals surface area contributed by atoms with Gasteiger partial charge in [-0.2, -0.15) is 0 Å². The molecular formula is C13H11O. The zero-order valence-corrected chi connectivity index (χ0v) is 7.77. The lowest BCUT2D eigenvalue weighted by Gasteiger charge is -2.05. The minimum atomic E-state index is 0.0684. The van der Waals surface area contributed by atoms with Crippen LogP contribution in [0.3, 0.4) is 0 Å². The molecule has 2 aromatic rings. The van der Waals surface area contributed by atoms with Crippen molar-refractivity contribution < 1.29 is 5.11 Å². The Kier molecular flexibility index (Phi) is 2.61. The van der Waals surface area contributed by atoms with Crippen LogP contribution in [0.5, 0.6) is 0 Å². The van der Waals surface area contributed by atoms with Gasteiger partial charge in [-0.1, -0.05) is 48.5 Å². The van der Waals surface area contributed by atoms with Crippen molar-refractivity contribution in [1.29, 1.82) is 0 Å². The standard InChI is InChI=1S/C13H11O/c14-10-12-8-4-5-9-13(12)11-6-2-1-3-7-11/h1-6,8-9,14H,10H2. The topological polar surface area (TPSA) is 20.2 Å². The third-order valence-electron chi connectivity index (χ3n) is 2.19. The van der Waals surface area contributed by atoms with Crippen LogP contribution >= 0.6 is 0 Å². The molecule has 0 amide bonds. The highest BCUT2D eigenvalue weighted by molar-refractivity contribution is 5.66. The van der Waals surface area contributed by atoms with Crippen LogP contribution < -0.4 is 0 Å². The van der Waals surface area contributed by atoms with Crippen molar-refractivity contribution in [2.75, 3.05) is 0 Å². The molecule has 0 fully saturated rings. The predicted molar refractivity (Wildman–Crippen MR) is 56.6 cm³/mol. The van der Waals surface area contributed by atoms with Gasteiger partial charge in [-0.15, -0.1) is 0 Å². The molecule has 0 spiro atoms. The van der Waals surface area contributed by atoms with E-state index in [1.165, 1.54) is 0 Å². The fourth-order valence-electron chi connectivity index (χ4n) is 1.48. The summed E-state index contributed by atoms with van der Waals surface area (Å²) >= 11 is 0. The maximum absolute atomic E-state index is 9.17. The Morgan fingerprint density at radius 3 is 2.50 bits per heavy atom. The van der Waals surface area contributed by atoms with E-state index in [0.717, 1.165) is 16.7 Å². The Morgan fingerprint density at radius 1 is 1.00 bits per heavy atom. The second-order valence-corrected chi connectivity index (χ2v) is 3.09. The molecule has 0 aromatic heterocycles. The molecule has 2 aromatic carbocycles. The molecule has 0 heterocycles. The Bertz CT molecular complexity index is 407. The summed E-state index contributed by atoms with van der Waals surface area (Å²) in [4.78, 5) is 0. The second-order valence-electron chi connectivity index (χ2n) is 3.09. The van der Waals surface area contributed by atoms with Gasteiger partial charge < -0.3 is 5.11 Å². The molecule has 0 aliphatic heterocycles. The van der Waals surface area contributed by atoms with Gasteiger partial charge in [-0.3, -0.25) is 0 Å². The summed E-state index contributed by atoms with van der Waals surface area (Å²) < 4.78 is 0. The van der Waals surface area contributed by atoms with E-state index in [0.29, 0.717) is 0 Å². The Balaban J connectivity index is 2.51. The van der Waals surface area contributed by atoms with Gasteiger partial charge in [0, 0.05) is 0 Å². The first-order chi connectivity index (χ1) is 6.92. The maximum Gasteiger partial charge on any atom is 0.0687 e. The zero-order chi connectivity index (χ0) is 9.80. The van der Waals surface area contributed by atoms with Crippen LogP contribution in [0.1, 0.15) is 5.56 Å². The van der Waals surface area contributed by atoms with Gasteiger partial charge in [0.15, 0.2) is 0 Å². The van der Waals surface area contributed by atoms with Crippen molar-refractivity contribution in [3.05, 3.63) is 60.2 Å². The molecule has 0 aliphatic carbocycles. The molecule has 1 heteroatoms. The van der Waals surface area contributed by atoms with Crippen LogP contribution in [0.25, 0.3) is 11.1 Å². The number of hydrogen-bond donors (Lipinski definition) is 1. The molecule has 14 heavy (non-hydrogen) atoms. The van der Waals surface area contributed by atoms with Gasteiger partial charge in [0.2, 0.25) is 0 Å². The highest BCUT2D eigenvalue weighted by Crippen LogP contribution is 2.22. The summed E-state index contributed by atoms with van der Waals surface area (Å²) in [5, 5.41) is 9.17. The number of aliphatic hydroxyl groups is 1. The molecule has 0 bridgehead atoms. The number of benzene rings is 2. The molecule has 1 N–H and O–H groups in total. The van der Waals surface area contributed by atoms with Gasteiger partial charge in [0.05, 0.1) is 6.61 Å². The molecule has 0 saturated carbocycles. The minimum absolute atomic E-state index is 0.0684. The minimum Gasteiger partial charge on any atom is -0.392 e. The Labute approximate surface area is 83.6 Å². The smallest absolute Gasteiger partial charge is 0.0687 e. The summed E-state index contributed by atoms with van der Waals surface area (Å²) in [5.41, 5.74) is 3.02. The number of aliphatic hydroxyl groups excluding tert-OH is 1. The van der Waals surface area contributed by atoms with E-state index in [1.54, 1.807) is 0 Å². The molecule has 0 unspecified atom stereocenters. The van der Waals surface area contributed by atoms with E-state index in [9.17, 15) is 0 Å². The quantitative estimate of drug-likeness (QED) is 0.758. The lowest BCUT2D eigenvalue weighted by atomic mass is 10.0. The van der Waals surface area contributed by atoms with E-state index >= 15 is 0 Å². The molecule has 0 aliphatic rings. The first kappa shape index (κ1) is 8.97. The molecule has 0 atom stereocenters. The Morgan fingerprint density at radius 2 is 1.79 bits per heavy atom.